The molecule has 0 saturated heterocycles. The number of halogens is 3. The van der Waals surface area contributed by atoms with Gasteiger partial charge in [0.2, 0.25) is 0 Å². The molecule has 1 aromatic carbocycles. The zero-order chi connectivity index (χ0) is 17.5. The van der Waals surface area contributed by atoms with E-state index in [9.17, 15) is 4.39 Å². The molecule has 0 aliphatic carbocycles. The van der Waals surface area contributed by atoms with Crippen LogP contribution in [0.3, 0.4) is 0 Å². The first kappa shape index (κ1) is 20.1. The van der Waals surface area contributed by atoms with Crippen LogP contribution in [0.2, 0.25) is 0 Å². The van der Waals surface area contributed by atoms with Gasteiger partial charge in [-0.1, -0.05) is 6.07 Å². The lowest BCUT2D eigenvalue weighted by Crippen LogP contribution is -1.90. The van der Waals surface area contributed by atoms with Crippen molar-refractivity contribution in [2.45, 2.75) is 0 Å². The highest BCUT2D eigenvalue weighted by Crippen LogP contribution is 2.32. The number of rotatable bonds is 3. The van der Waals surface area contributed by atoms with Gasteiger partial charge in [0.25, 0.3) is 0 Å². The standard InChI is InChI=1S/C20H13FN4S.2ClH/c21-15-6-3-13(4-7-15)20-16(10-23-24-20)14-5-8-19-22-11-17(25(19)12-14)18-2-1-9-26-18;;/h1-12H,(H,23,24);2*1H. The van der Waals surface area contributed by atoms with E-state index in [0.717, 1.165) is 33.7 Å². The van der Waals surface area contributed by atoms with Crippen molar-refractivity contribution < 1.29 is 4.39 Å². The van der Waals surface area contributed by atoms with Gasteiger partial charge in [0.1, 0.15) is 11.5 Å². The van der Waals surface area contributed by atoms with Gasteiger partial charge in [-0.05, 0) is 47.8 Å². The molecule has 0 aliphatic heterocycles. The number of fused-ring (bicyclic) bond motifs is 1. The van der Waals surface area contributed by atoms with E-state index in [1.807, 2.05) is 24.4 Å². The molecule has 0 fully saturated rings. The summed E-state index contributed by atoms with van der Waals surface area (Å²) in [6.45, 7) is 0. The minimum absolute atomic E-state index is 0. The van der Waals surface area contributed by atoms with E-state index < -0.39 is 0 Å². The van der Waals surface area contributed by atoms with Crippen LogP contribution >= 0.6 is 36.2 Å². The fraction of sp³-hybridized carbons (Fsp3) is 0. The third-order valence-electron chi connectivity index (χ3n) is 4.36. The number of hydrogen-bond acceptors (Lipinski definition) is 3. The van der Waals surface area contributed by atoms with Gasteiger partial charge in [0.15, 0.2) is 0 Å². The molecule has 0 bridgehead atoms. The summed E-state index contributed by atoms with van der Waals surface area (Å²) in [6, 6.07) is 14.5. The number of pyridine rings is 1. The number of nitrogens with zero attached hydrogens (tertiary/aromatic N) is 3. The maximum Gasteiger partial charge on any atom is 0.137 e. The van der Waals surface area contributed by atoms with Gasteiger partial charge in [0.05, 0.1) is 28.7 Å². The SMILES string of the molecule is Cl.Cl.Fc1ccc(-c2[nH]ncc2-c2ccc3ncc(-c4cccs4)n3c2)cc1. The average molecular weight is 433 g/mol. The maximum atomic E-state index is 13.2. The van der Waals surface area contributed by atoms with E-state index in [2.05, 4.69) is 37.2 Å². The summed E-state index contributed by atoms with van der Waals surface area (Å²) >= 11 is 1.69. The Morgan fingerprint density at radius 1 is 0.929 bits per heavy atom. The molecule has 0 atom stereocenters. The molecule has 4 nitrogen and oxygen atoms in total. The monoisotopic (exact) mass is 432 g/mol. The smallest absolute Gasteiger partial charge is 0.137 e. The van der Waals surface area contributed by atoms with Gasteiger partial charge in [0, 0.05) is 22.9 Å². The molecule has 4 heterocycles. The first-order valence-corrected chi connectivity index (χ1v) is 8.98. The molecule has 5 rings (SSSR count). The van der Waals surface area contributed by atoms with Crippen molar-refractivity contribution in [2.24, 2.45) is 0 Å². The van der Waals surface area contributed by atoms with Crippen LogP contribution < -0.4 is 0 Å². The van der Waals surface area contributed by atoms with Gasteiger partial charge < -0.3 is 0 Å². The molecule has 28 heavy (non-hydrogen) atoms. The third-order valence-corrected chi connectivity index (χ3v) is 5.25. The quantitative estimate of drug-likeness (QED) is 0.374. The first-order valence-electron chi connectivity index (χ1n) is 8.10. The van der Waals surface area contributed by atoms with E-state index >= 15 is 0 Å². The van der Waals surface area contributed by atoms with Gasteiger partial charge in [-0.15, -0.1) is 36.2 Å². The van der Waals surface area contributed by atoms with E-state index in [4.69, 9.17) is 0 Å². The molecule has 0 spiro atoms. The number of imidazole rings is 1. The van der Waals surface area contributed by atoms with E-state index in [1.165, 1.54) is 17.0 Å². The number of thiophene rings is 1. The zero-order valence-electron chi connectivity index (χ0n) is 14.4. The largest absolute Gasteiger partial charge is 0.298 e. The Bertz CT molecular complexity index is 1200. The highest BCUT2D eigenvalue weighted by Gasteiger charge is 2.13. The van der Waals surface area contributed by atoms with Crippen LogP contribution in [0.25, 0.3) is 38.6 Å². The van der Waals surface area contributed by atoms with E-state index in [1.54, 1.807) is 29.7 Å². The topological polar surface area (TPSA) is 46.0 Å². The molecule has 0 aliphatic rings. The Hall–Kier alpha value is -2.67. The van der Waals surface area contributed by atoms with Crippen LogP contribution in [0.15, 0.2) is 72.5 Å². The summed E-state index contributed by atoms with van der Waals surface area (Å²) in [6.07, 6.45) is 5.75. The van der Waals surface area contributed by atoms with Gasteiger partial charge in [-0.25, -0.2) is 9.37 Å². The molecule has 0 unspecified atom stereocenters. The number of benzene rings is 1. The normalized spacial score (nSPS) is 10.5. The fourth-order valence-corrected chi connectivity index (χ4v) is 3.82. The summed E-state index contributed by atoms with van der Waals surface area (Å²) in [5, 5.41) is 9.28. The second kappa shape index (κ2) is 8.14. The molecule has 0 radical (unpaired) electrons. The Morgan fingerprint density at radius 3 is 2.46 bits per heavy atom. The Labute approximate surface area is 176 Å². The second-order valence-electron chi connectivity index (χ2n) is 5.93. The summed E-state index contributed by atoms with van der Waals surface area (Å²) < 4.78 is 15.3. The number of H-pyrrole nitrogens is 1. The number of hydrogen-bond donors (Lipinski definition) is 1. The zero-order valence-corrected chi connectivity index (χ0v) is 16.8. The molecule has 142 valence electrons. The van der Waals surface area contributed by atoms with Crippen molar-refractivity contribution in [3.8, 4) is 33.0 Å². The highest BCUT2D eigenvalue weighted by molar-refractivity contribution is 7.13. The lowest BCUT2D eigenvalue weighted by atomic mass is 10.0. The summed E-state index contributed by atoms with van der Waals surface area (Å²) in [7, 11) is 0. The second-order valence-corrected chi connectivity index (χ2v) is 6.88. The van der Waals surface area contributed by atoms with Crippen molar-refractivity contribution in [2.75, 3.05) is 0 Å². The molecule has 0 amide bonds. The fourth-order valence-electron chi connectivity index (χ4n) is 3.09. The van der Waals surface area contributed by atoms with Crippen molar-refractivity contribution >= 4 is 41.8 Å². The van der Waals surface area contributed by atoms with E-state index in [-0.39, 0.29) is 30.6 Å². The van der Waals surface area contributed by atoms with Crippen molar-refractivity contribution in [3.05, 3.63) is 78.3 Å². The van der Waals surface area contributed by atoms with Gasteiger partial charge >= 0.3 is 0 Å². The third kappa shape index (κ3) is 3.42. The van der Waals surface area contributed by atoms with E-state index in [0.29, 0.717) is 0 Å². The van der Waals surface area contributed by atoms with Gasteiger partial charge in [-0.2, -0.15) is 5.10 Å². The lowest BCUT2D eigenvalue weighted by molar-refractivity contribution is 0.628. The minimum Gasteiger partial charge on any atom is -0.298 e. The molecular weight excluding hydrogens is 418 g/mol. The average Bonchev–Trinajstić information content (AvgIpc) is 3.41. The van der Waals surface area contributed by atoms with Crippen LogP contribution in [0.4, 0.5) is 4.39 Å². The van der Waals surface area contributed by atoms with Crippen molar-refractivity contribution in [1.29, 1.82) is 0 Å². The lowest BCUT2D eigenvalue weighted by Gasteiger charge is -2.06. The Morgan fingerprint density at radius 2 is 1.71 bits per heavy atom. The summed E-state index contributed by atoms with van der Waals surface area (Å²) in [4.78, 5) is 5.66. The predicted molar refractivity (Wildman–Crippen MR) is 116 cm³/mol. The first-order chi connectivity index (χ1) is 12.8. The van der Waals surface area contributed by atoms with Crippen LogP contribution in [0.1, 0.15) is 0 Å². The maximum absolute atomic E-state index is 13.2. The molecule has 1 N–H and O–H groups in total. The molecular formula is C20H15Cl2FN4S. The van der Waals surface area contributed by atoms with Crippen LogP contribution in [0, 0.1) is 5.82 Å². The van der Waals surface area contributed by atoms with Crippen molar-refractivity contribution in [3.63, 3.8) is 0 Å². The van der Waals surface area contributed by atoms with Crippen LogP contribution in [-0.4, -0.2) is 19.6 Å². The number of aromatic amines is 1. The minimum atomic E-state index is -0.254. The summed E-state index contributed by atoms with van der Waals surface area (Å²) in [5.41, 5.74) is 5.68. The predicted octanol–water partition coefficient (Wildman–Crippen LogP) is 6.10. The number of aromatic nitrogens is 4. The molecule has 8 heteroatoms. The molecule has 0 saturated carbocycles. The van der Waals surface area contributed by atoms with Gasteiger partial charge in [-0.3, -0.25) is 9.50 Å². The highest BCUT2D eigenvalue weighted by atomic mass is 35.5. The number of nitrogens with one attached hydrogen (secondary N) is 1. The Balaban J connectivity index is 0.00000112. The van der Waals surface area contributed by atoms with Crippen molar-refractivity contribution in [1.82, 2.24) is 19.6 Å². The van der Waals surface area contributed by atoms with Crippen LogP contribution in [-0.2, 0) is 0 Å². The Kier molecular flexibility index (Phi) is 5.84. The summed E-state index contributed by atoms with van der Waals surface area (Å²) in [5.74, 6) is -0.254. The molecule has 4 aromatic heterocycles. The van der Waals surface area contributed by atoms with Crippen LogP contribution in [0.5, 0.6) is 0 Å². The molecule has 5 aromatic rings.